The molecule has 1 rings (SSSR count). The Hall–Kier alpha value is -1.79. The third-order valence-electron chi connectivity index (χ3n) is 2.79. The average molecular weight is 249 g/mol. The van der Waals surface area contributed by atoms with Crippen LogP contribution in [-0.4, -0.2) is 18.9 Å². The molecule has 0 radical (unpaired) electrons. The minimum absolute atomic E-state index is 0.121. The molecule has 0 amide bonds. The van der Waals surface area contributed by atoms with Crippen LogP contribution in [0.3, 0.4) is 0 Å². The Morgan fingerprint density at radius 1 is 1.39 bits per heavy atom. The van der Waals surface area contributed by atoms with Crippen LogP contribution >= 0.6 is 0 Å². The fourth-order valence-corrected chi connectivity index (χ4v) is 1.67. The second kappa shape index (κ2) is 6.83. The highest BCUT2D eigenvalue weighted by molar-refractivity contribution is 5.81. The number of benzene rings is 1. The van der Waals surface area contributed by atoms with Crippen LogP contribution in [0.1, 0.15) is 24.2 Å². The molecule has 0 aromatic heterocycles. The summed E-state index contributed by atoms with van der Waals surface area (Å²) in [5.74, 6) is 5.07. The Bertz CT molecular complexity index is 415. The van der Waals surface area contributed by atoms with Gasteiger partial charge in [-0.2, -0.15) is 0 Å². The first-order chi connectivity index (χ1) is 8.58. The van der Waals surface area contributed by atoms with Crippen LogP contribution in [-0.2, 0) is 11.2 Å². The van der Waals surface area contributed by atoms with Gasteiger partial charge in [0.05, 0.1) is 6.04 Å². The van der Waals surface area contributed by atoms with Crippen molar-refractivity contribution < 1.29 is 4.79 Å². The fourth-order valence-electron chi connectivity index (χ4n) is 1.67. The molecule has 0 heterocycles. The topological polar surface area (TPSA) is 106 Å². The van der Waals surface area contributed by atoms with E-state index in [1.165, 1.54) is 0 Å². The SMILES string of the molecule is CNC(Cc1ccc(C(N)/N=N\N)cc1)C(C)=O. The summed E-state index contributed by atoms with van der Waals surface area (Å²) < 4.78 is 0. The zero-order chi connectivity index (χ0) is 13.5. The van der Waals surface area contributed by atoms with E-state index >= 15 is 0 Å². The van der Waals surface area contributed by atoms with Crippen molar-refractivity contribution in [3.63, 3.8) is 0 Å². The first kappa shape index (κ1) is 14.3. The number of hydrogen-bond donors (Lipinski definition) is 3. The molecule has 0 fully saturated rings. The lowest BCUT2D eigenvalue weighted by Crippen LogP contribution is -2.34. The lowest BCUT2D eigenvalue weighted by Gasteiger charge is -2.13. The smallest absolute Gasteiger partial charge is 0.147 e. The molecule has 0 saturated carbocycles. The Morgan fingerprint density at radius 3 is 2.44 bits per heavy atom. The van der Waals surface area contributed by atoms with Crippen molar-refractivity contribution >= 4 is 5.78 Å². The zero-order valence-electron chi connectivity index (χ0n) is 10.6. The maximum atomic E-state index is 11.3. The van der Waals surface area contributed by atoms with Gasteiger partial charge < -0.3 is 16.9 Å². The summed E-state index contributed by atoms with van der Waals surface area (Å²) >= 11 is 0. The van der Waals surface area contributed by atoms with E-state index in [0.717, 1.165) is 11.1 Å². The molecule has 2 unspecified atom stereocenters. The predicted octanol–water partition coefficient (Wildman–Crippen LogP) is 0.689. The van der Waals surface area contributed by atoms with E-state index in [0.29, 0.717) is 6.42 Å². The van der Waals surface area contributed by atoms with E-state index in [1.54, 1.807) is 14.0 Å². The number of ketones is 1. The van der Waals surface area contributed by atoms with Crippen LogP contribution in [0.4, 0.5) is 0 Å². The molecule has 0 bridgehead atoms. The molecule has 18 heavy (non-hydrogen) atoms. The third-order valence-corrected chi connectivity index (χ3v) is 2.79. The van der Waals surface area contributed by atoms with Crippen molar-refractivity contribution in [2.75, 3.05) is 7.05 Å². The maximum Gasteiger partial charge on any atom is 0.147 e. The van der Waals surface area contributed by atoms with Gasteiger partial charge in [0.2, 0.25) is 0 Å². The van der Waals surface area contributed by atoms with Crippen molar-refractivity contribution in [2.45, 2.75) is 25.6 Å². The molecular weight excluding hydrogens is 230 g/mol. The van der Waals surface area contributed by atoms with Gasteiger partial charge in [0, 0.05) is 0 Å². The highest BCUT2D eigenvalue weighted by Gasteiger charge is 2.12. The first-order valence-corrected chi connectivity index (χ1v) is 5.70. The molecule has 5 N–H and O–H groups in total. The molecule has 2 atom stereocenters. The van der Waals surface area contributed by atoms with Crippen molar-refractivity contribution in [3.8, 4) is 0 Å². The molecule has 6 nitrogen and oxygen atoms in total. The second-order valence-corrected chi connectivity index (χ2v) is 4.07. The minimum Gasteiger partial charge on any atom is -0.310 e. The molecule has 1 aromatic rings. The molecule has 0 aliphatic carbocycles. The molecule has 0 aliphatic rings. The number of likely N-dealkylation sites (N-methyl/N-ethyl adjacent to an activating group) is 1. The summed E-state index contributed by atoms with van der Waals surface area (Å²) in [6, 6.07) is 7.42. The predicted molar refractivity (Wildman–Crippen MR) is 69.6 cm³/mol. The number of carbonyl (C=O) groups excluding carboxylic acids is 1. The summed E-state index contributed by atoms with van der Waals surface area (Å²) in [6.45, 7) is 1.58. The van der Waals surface area contributed by atoms with E-state index in [1.807, 2.05) is 24.3 Å². The van der Waals surface area contributed by atoms with Crippen molar-refractivity contribution in [2.24, 2.45) is 21.9 Å². The van der Waals surface area contributed by atoms with E-state index in [-0.39, 0.29) is 11.8 Å². The van der Waals surface area contributed by atoms with Crippen molar-refractivity contribution in [1.29, 1.82) is 0 Å². The lowest BCUT2D eigenvalue weighted by molar-refractivity contribution is -0.118. The normalized spacial score (nSPS) is 14.6. The van der Waals surface area contributed by atoms with Crippen molar-refractivity contribution in [1.82, 2.24) is 5.32 Å². The van der Waals surface area contributed by atoms with Crippen LogP contribution in [0, 0.1) is 0 Å². The number of nitrogens with two attached hydrogens (primary N) is 2. The number of hydrogen-bond acceptors (Lipinski definition) is 5. The van der Waals surface area contributed by atoms with E-state index in [9.17, 15) is 4.79 Å². The Labute approximate surface area is 106 Å². The van der Waals surface area contributed by atoms with Gasteiger partial charge in [-0.05, 0) is 31.5 Å². The van der Waals surface area contributed by atoms with Gasteiger partial charge in [0.25, 0.3) is 0 Å². The molecule has 98 valence electrons. The summed E-state index contributed by atoms with van der Waals surface area (Å²) in [5, 5.41) is 9.79. The molecule has 6 heteroatoms. The minimum atomic E-state index is -0.544. The van der Waals surface area contributed by atoms with Gasteiger partial charge in [-0.15, -0.1) is 5.11 Å². The number of Topliss-reactive ketones (excluding diaryl/α,β-unsaturated/α-hetero) is 1. The monoisotopic (exact) mass is 249 g/mol. The van der Waals surface area contributed by atoms with Gasteiger partial charge in [-0.3, -0.25) is 4.79 Å². The van der Waals surface area contributed by atoms with Gasteiger partial charge in [-0.25, -0.2) is 0 Å². The van der Waals surface area contributed by atoms with Crippen LogP contribution in [0.25, 0.3) is 0 Å². The average Bonchev–Trinajstić information content (AvgIpc) is 2.36. The van der Waals surface area contributed by atoms with Gasteiger partial charge in [-0.1, -0.05) is 29.5 Å². The Kier molecular flexibility index (Phi) is 5.41. The van der Waals surface area contributed by atoms with Crippen LogP contribution < -0.4 is 16.9 Å². The summed E-state index contributed by atoms with van der Waals surface area (Å²) in [7, 11) is 1.78. The number of nitrogens with one attached hydrogen (secondary N) is 1. The van der Waals surface area contributed by atoms with Gasteiger partial charge >= 0.3 is 0 Å². The standard InChI is InChI=1S/C12H19N5O/c1-8(18)11(15-2)7-9-3-5-10(6-4-9)12(13)16-17-14/h3-6,11-12,15H,7,13H2,1-2H3,(H2,14,16). The Balaban J connectivity index is 2.73. The van der Waals surface area contributed by atoms with Crippen LogP contribution in [0.2, 0.25) is 0 Å². The molecular formula is C12H19N5O. The summed E-state index contributed by atoms with van der Waals surface area (Å²) in [6.07, 6.45) is 0.108. The van der Waals surface area contributed by atoms with Gasteiger partial charge in [0.15, 0.2) is 0 Å². The van der Waals surface area contributed by atoms with E-state index in [4.69, 9.17) is 11.6 Å². The van der Waals surface area contributed by atoms with Gasteiger partial charge in [0.1, 0.15) is 11.9 Å². The summed E-state index contributed by atoms with van der Waals surface area (Å²) in [5.41, 5.74) is 7.62. The van der Waals surface area contributed by atoms with E-state index < -0.39 is 6.17 Å². The molecule has 1 aromatic carbocycles. The zero-order valence-corrected chi connectivity index (χ0v) is 10.6. The van der Waals surface area contributed by atoms with Crippen LogP contribution in [0.5, 0.6) is 0 Å². The summed E-state index contributed by atoms with van der Waals surface area (Å²) in [4.78, 5) is 11.3. The first-order valence-electron chi connectivity index (χ1n) is 5.70. The maximum absolute atomic E-state index is 11.3. The van der Waals surface area contributed by atoms with Crippen LogP contribution in [0.15, 0.2) is 34.6 Å². The van der Waals surface area contributed by atoms with E-state index in [2.05, 4.69) is 15.7 Å². The highest BCUT2D eigenvalue weighted by atomic mass is 16.1. The molecule has 0 saturated heterocycles. The highest BCUT2D eigenvalue weighted by Crippen LogP contribution is 2.14. The number of nitrogens with zero attached hydrogens (tertiary/aromatic N) is 2. The Morgan fingerprint density at radius 2 is 2.00 bits per heavy atom. The second-order valence-electron chi connectivity index (χ2n) is 4.07. The van der Waals surface area contributed by atoms with Crippen molar-refractivity contribution in [3.05, 3.63) is 35.4 Å². The lowest BCUT2D eigenvalue weighted by atomic mass is 10.0. The largest absolute Gasteiger partial charge is 0.310 e. The molecule has 0 spiro atoms. The fraction of sp³-hybridized carbons (Fsp3) is 0.417. The number of carbonyl (C=O) groups is 1. The number of rotatable bonds is 6. The quantitative estimate of drug-likeness (QED) is 0.392. The molecule has 0 aliphatic heterocycles. The third kappa shape index (κ3) is 3.90.